The maximum atomic E-state index is 8.32. The van der Waals surface area contributed by atoms with Gasteiger partial charge >= 0.3 is 0 Å². The summed E-state index contributed by atoms with van der Waals surface area (Å²) >= 11 is 1.30. The van der Waals surface area contributed by atoms with E-state index in [9.17, 15) is 0 Å². The maximum Gasteiger partial charge on any atom is 0.133 e. The quantitative estimate of drug-likeness (QED) is 0.597. The maximum absolute atomic E-state index is 8.32. The summed E-state index contributed by atoms with van der Waals surface area (Å²) in [6.45, 7) is 2.10. The van der Waals surface area contributed by atoms with Gasteiger partial charge < -0.3 is 4.74 Å². The Morgan fingerprint density at radius 2 is 2.45 bits per heavy atom. The van der Waals surface area contributed by atoms with Crippen LogP contribution in [0.4, 0.5) is 0 Å². The van der Waals surface area contributed by atoms with Crippen LogP contribution in [0, 0.1) is 10.7 Å². The summed E-state index contributed by atoms with van der Waals surface area (Å²) in [6, 6.07) is 0. The molecule has 0 aromatic heterocycles. The monoisotopic (exact) mass is 171 g/mol. The number of hydrogen-bond donors (Lipinski definition) is 0. The molecule has 0 saturated carbocycles. The standard InChI is InChI=1S/C8H13NOS/c1-7-3-2-4-8(10-7)5-11-6-9/h7-8H,2-5H2,1H3. The zero-order chi connectivity index (χ0) is 8.10. The van der Waals surface area contributed by atoms with Gasteiger partial charge in [-0.25, -0.2) is 0 Å². The van der Waals surface area contributed by atoms with Crippen molar-refractivity contribution in [1.29, 1.82) is 5.26 Å². The molecule has 0 N–H and O–H groups in total. The van der Waals surface area contributed by atoms with E-state index in [1.165, 1.54) is 24.6 Å². The minimum absolute atomic E-state index is 0.323. The summed E-state index contributed by atoms with van der Waals surface area (Å²) < 4.78 is 5.62. The number of rotatable bonds is 2. The van der Waals surface area contributed by atoms with Crippen LogP contribution in [-0.2, 0) is 4.74 Å². The molecule has 2 unspecified atom stereocenters. The fraction of sp³-hybridized carbons (Fsp3) is 0.875. The molecule has 0 aliphatic carbocycles. The van der Waals surface area contributed by atoms with E-state index >= 15 is 0 Å². The highest BCUT2D eigenvalue weighted by Gasteiger charge is 2.18. The molecule has 0 amide bonds. The second-order valence-corrected chi connectivity index (χ2v) is 3.71. The van der Waals surface area contributed by atoms with Gasteiger partial charge in [0, 0.05) is 5.75 Å². The highest BCUT2D eigenvalue weighted by molar-refractivity contribution is 8.03. The normalized spacial score (nSPS) is 31.3. The topological polar surface area (TPSA) is 33.0 Å². The Morgan fingerprint density at radius 1 is 1.64 bits per heavy atom. The van der Waals surface area contributed by atoms with Gasteiger partial charge in [-0.3, -0.25) is 0 Å². The second kappa shape index (κ2) is 4.63. The number of thiocyanates is 1. The lowest BCUT2D eigenvalue weighted by Gasteiger charge is -2.26. The zero-order valence-electron chi connectivity index (χ0n) is 6.75. The van der Waals surface area contributed by atoms with E-state index in [2.05, 4.69) is 12.3 Å². The van der Waals surface area contributed by atoms with Crippen molar-refractivity contribution < 1.29 is 4.74 Å². The number of nitrogens with zero attached hydrogens (tertiary/aromatic N) is 1. The van der Waals surface area contributed by atoms with Crippen molar-refractivity contribution in [2.24, 2.45) is 0 Å². The van der Waals surface area contributed by atoms with Gasteiger partial charge in [0.05, 0.1) is 12.2 Å². The van der Waals surface area contributed by atoms with Gasteiger partial charge in [-0.1, -0.05) is 0 Å². The lowest BCUT2D eigenvalue weighted by molar-refractivity contribution is -0.0266. The number of thioether (sulfide) groups is 1. The van der Waals surface area contributed by atoms with E-state index in [0.717, 1.165) is 12.2 Å². The molecule has 0 bridgehead atoms. The van der Waals surface area contributed by atoms with Crippen molar-refractivity contribution >= 4 is 11.8 Å². The fourth-order valence-corrected chi connectivity index (χ4v) is 1.86. The molecule has 3 heteroatoms. The summed E-state index contributed by atoms with van der Waals surface area (Å²) in [7, 11) is 0. The number of ether oxygens (including phenoxy) is 1. The third-order valence-electron chi connectivity index (χ3n) is 1.90. The molecule has 11 heavy (non-hydrogen) atoms. The highest BCUT2D eigenvalue weighted by atomic mass is 32.2. The van der Waals surface area contributed by atoms with E-state index in [0.29, 0.717) is 12.2 Å². The first-order chi connectivity index (χ1) is 5.33. The van der Waals surface area contributed by atoms with Crippen molar-refractivity contribution in [2.75, 3.05) is 5.75 Å². The minimum Gasteiger partial charge on any atom is -0.374 e. The summed E-state index contributed by atoms with van der Waals surface area (Å²) in [4.78, 5) is 0. The predicted molar refractivity (Wildman–Crippen MR) is 46.3 cm³/mol. The Bertz CT molecular complexity index is 155. The van der Waals surface area contributed by atoms with Gasteiger partial charge in [-0.15, -0.1) is 0 Å². The van der Waals surface area contributed by atoms with Gasteiger partial charge in [0.2, 0.25) is 0 Å². The largest absolute Gasteiger partial charge is 0.374 e. The van der Waals surface area contributed by atoms with Gasteiger partial charge in [0.15, 0.2) is 0 Å². The first-order valence-electron chi connectivity index (χ1n) is 3.99. The van der Waals surface area contributed by atoms with Crippen LogP contribution in [0.1, 0.15) is 26.2 Å². The molecular formula is C8H13NOS. The first-order valence-corrected chi connectivity index (χ1v) is 4.98. The van der Waals surface area contributed by atoms with Crippen molar-refractivity contribution in [3.8, 4) is 5.40 Å². The molecule has 0 spiro atoms. The molecule has 62 valence electrons. The van der Waals surface area contributed by atoms with Crippen LogP contribution in [0.3, 0.4) is 0 Å². The van der Waals surface area contributed by atoms with Gasteiger partial charge in [-0.2, -0.15) is 5.26 Å². The second-order valence-electron chi connectivity index (χ2n) is 2.90. The smallest absolute Gasteiger partial charge is 0.133 e. The van der Waals surface area contributed by atoms with Gasteiger partial charge in [0.1, 0.15) is 5.40 Å². The molecule has 1 aliphatic rings. The Hall–Kier alpha value is -0.200. The van der Waals surface area contributed by atoms with Crippen molar-refractivity contribution in [3.63, 3.8) is 0 Å². The molecule has 0 radical (unpaired) electrons. The Balaban J connectivity index is 2.18. The number of hydrogen-bond acceptors (Lipinski definition) is 3. The van der Waals surface area contributed by atoms with E-state index in [-0.39, 0.29) is 0 Å². The van der Waals surface area contributed by atoms with E-state index in [1.807, 2.05) is 0 Å². The van der Waals surface area contributed by atoms with Crippen molar-refractivity contribution in [2.45, 2.75) is 38.4 Å². The molecule has 0 aromatic rings. The van der Waals surface area contributed by atoms with E-state index < -0.39 is 0 Å². The summed E-state index contributed by atoms with van der Waals surface area (Å²) in [5.74, 6) is 0.834. The van der Waals surface area contributed by atoms with Crippen molar-refractivity contribution in [1.82, 2.24) is 0 Å². The van der Waals surface area contributed by atoms with E-state index in [1.54, 1.807) is 0 Å². The molecule has 1 rings (SSSR count). The predicted octanol–water partition coefficient (Wildman–Crippen LogP) is 2.16. The SMILES string of the molecule is CC1CCCC(CSC#N)O1. The Morgan fingerprint density at radius 3 is 3.09 bits per heavy atom. The molecule has 1 heterocycles. The molecule has 0 aromatic carbocycles. The van der Waals surface area contributed by atoms with Crippen LogP contribution in [-0.4, -0.2) is 18.0 Å². The fourth-order valence-electron chi connectivity index (χ4n) is 1.35. The average Bonchev–Trinajstić information content (AvgIpc) is 2.01. The third-order valence-corrected chi connectivity index (χ3v) is 2.56. The van der Waals surface area contributed by atoms with Crippen LogP contribution in [0.15, 0.2) is 0 Å². The molecule has 1 saturated heterocycles. The Kier molecular flexibility index (Phi) is 3.74. The van der Waals surface area contributed by atoms with Crippen LogP contribution in [0.25, 0.3) is 0 Å². The molecular weight excluding hydrogens is 158 g/mol. The van der Waals surface area contributed by atoms with Crippen LogP contribution < -0.4 is 0 Å². The first kappa shape index (κ1) is 8.89. The van der Waals surface area contributed by atoms with Crippen LogP contribution >= 0.6 is 11.8 Å². The zero-order valence-corrected chi connectivity index (χ0v) is 7.56. The van der Waals surface area contributed by atoms with Gasteiger partial charge in [-0.05, 0) is 37.9 Å². The van der Waals surface area contributed by atoms with E-state index in [4.69, 9.17) is 10.00 Å². The molecule has 2 atom stereocenters. The van der Waals surface area contributed by atoms with Crippen molar-refractivity contribution in [3.05, 3.63) is 0 Å². The highest BCUT2D eigenvalue weighted by Crippen LogP contribution is 2.20. The molecule has 2 nitrogen and oxygen atoms in total. The number of nitriles is 1. The molecule has 1 aliphatic heterocycles. The average molecular weight is 171 g/mol. The minimum atomic E-state index is 0.323. The lowest BCUT2D eigenvalue weighted by Crippen LogP contribution is -2.26. The van der Waals surface area contributed by atoms with Gasteiger partial charge in [0.25, 0.3) is 0 Å². The van der Waals surface area contributed by atoms with Crippen LogP contribution in [0.5, 0.6) is 0 Å². The molecule has 1 fully saturated rings. The van der Waals surface area contributed by atoms with Crippen LogP contribution in [0.2, 0.25) is 0 Å². The summed E-state index contributed by atoms with van der Waals surface area (Å²) in [5.41, 5.74) is 0. The third kappa shape index (κ3) is 3.13. The summed E-state index contributed by atoms with van der Waals surface area (Å²) in [6.07, 6.45) is 4.27. The Labute approximate surface area is 71.9 Å². The summed E-state index contributed by atoms with van der Waals surface area (Å²) in [5, 5.41) is 10.4. The lowest BCUT2D eigenvalue weighted by atomic mass is 10.1.